The van der Waals surface area contributed by atoms with Crippen molar-refractivity contribution in [2.24, 2.45) is 0 Å². The Balaban J connectivity index is 2.49. The van der Waals surface area contributed by atoms with Crippen molar-refractivity contribution in [3.8, 4) is 11.8 Å². The Morgan fingerprint density at radius 3 is 3.00 bits per heavy atom. The van der Waals surface area contributed by atoms with Crippen molar-refractivity contribution in [1.29, 1.82) is 5.26 Å². The summed E-state index contributed by atoms with van der Waals surface area (Å²) in [7, 11) is 1.66. The van der Waals surface area contributed by atoms with E-state index in [0.29, 0.717) is 0 Å². The maximum absolute atomic E-state index is 8.71. The van der Waals surface area contributed by atoms with Crippen LogP contribution in [0.2, 0.25) is 0 Å². The number of allylic oxidation sites excluding steroid dienone is 2. The van der Waals surface area contributed by atoms with Crippen molar-refractivity contribution in [3.05, 3.63) is 35.4 Å². The summed E-state index contributed by atoms with van der Waals surface area (Å²) in [5.74, 6) is 0.861. The number of ether oxygens (including phenoxy) is 1. The monoisotopic (exact) mass is 199 g/mol. The number of fused-ring (bicyclic) bond motifs is 1. The van der Waals surface area contributed by atoms with E-state index in [-0.39, 0.29) is 0 Å². The minimum absolute atomic E-state index is 0.861. The molecule has 1 aliphatic carbocycles. The third-order valence-electron chi connectivity index (χ3n) is 2.79. The van der Waals surface area contributed by atoms with E-state index in [2.05, 4.69) is 12.1 Å². The quantitative estimate of drug-likeness (QED) is 0.651. The molecule has 1 aromatic rings. The van der Waals surface area contributed by atoms with Gasteiger partial charge in [0, 0.05) is 6.08 Å². The van der Waals surface area contributed by atoms with E-state index in [0.717, 1.165) is 30.6 Å². The molecule has 0 aliphatic heterocycles. The molecule has 1 aliphatic rings. The summed E-state index contributed by atoms with van der Waals surface area (Å²) in [6.07, 6.45) is 4.88. The second-order valence-electron chi connectivity index (χ2n) is 3.68. The van der Waals surface area contributed by atoms with Gasteiger partial charge in [-0.05, 0) is 48.1 Å². The van der Waals surface area contributed by atoms with Crippen LogP contribution >= 0.6 is 0 Å². The molecule has 2 rings (SSSR count). The first-order valence-corrected chi connectivity index (χ1v) is 5.11. The average molecular weight is 199 g/mol. The van der Waals surface area contributed by atoms with Gasteiger partial charge in [0.2, 0.25) is 0 Å². The summed E-state index contributed by atoms with van der Waals surface area (Å²) in [4.78, 5) is 0. The van der Waals surface area contributed by atoms with Gasteiger partial charge < -0.3 is 4.74 Å². The number of benzene rings is 1. The van der Waals surface area contributed by atoms with Crippen molar-refractivity contribution >= 4 is 5.57 Å². The summed E-state index contributed by atoms with van der Waals surface area (Å²) < 4.78 is 5.20. The van der Waals surface area contributed by atoms with Crippen LogP contribution < -0.4 is 4.74 Å². The Labute approximate surface area is 89.8 Å². The first-order valence-electron chi connectivity index (χ1n) is 5.11. The summed E-state index contributed by atoms with van der Waals surface area (Å²) in [5.41, 5.74) is 3.64. The van der Waals surface area contributed by atoms with Crippen molar-refractivity contribution in [3.63, 3.8) is 0 Å². The molecule has 76 valence electrons. The smallest absolute Gasteiger partial charge is 0.119 e. The van der Waals surface area contributed by atoms with Gasteiger partial charge in [-0.15, -0.1) is 0 Å². The second kappa shape index (κ2) is 4.18. The molecule has 0 fully saturated rings. The van der Waals surface area contributed by atoms with E-state index in [9.17, 15) is 0 Å². The van der Waals surface area contributed by atoms with Crippen molar-refractivity contribution in [2.75, 3.05) is 7.11 Å². The number of nitrogens with zero attached hydrogens (tertiary/aromatic N) is 1. The molecule has 0 aromatic heterocycles. The van der Waals surface area contributed by atoms with Gasteiger partial charge in [0.05, 0.1) is 13.2 Å². The molecular formula is C13H13NO. The highest BCUT2D eigenvalue weighted by Gasteiger charge is 2.14. The van der Waals surface area contributed by atoms with Crippen LogP contribution in [0.4, 0.5) is 0 Å². The Bertz CT molecular complexity index is 440. The number of aryl methyl sites for hydroxylation is 1. The largest absolute Gasteiger partial charge is 0.497 e. The zero-order chi connectivity index (χ0) is 10.7. The van der Waals surface area contributed by atoms with Gasteiger partial charge in [-0.2, -0.15) is 5.26 Å². The van der Waals surface area contributed by atoms with Crippen LogP contribution in [0.1, 0.15) is 24.0 Å². The first kappa shape index (κ1) is 9.79. The van der Waals surface area contributed by atoms with E-state index in [1.54, 1.807) is 13.2 Å². The van der Waals surface area contributed by atoms with Crippen LogP contribution in [0.25, 0.3) is 5.57 Å². The highest BCUT2D eigenvalue weighted by Crippen LogP contribution is 2.32. The zero-order valence-corrected chi connectivity index (χ0v) is 8.79. The Morgan fingerprint density at radius 1 is 1.40 bits per heavy atom. The fourth-order valence-corrected chi connectivity index (χ4v) is 2.03. The van der Waals surface area contributed by atoms with E-state index < -0.39 is 0 Å². The number of hydrogen-bond donors (Lipinski definition) is 0. The summed E-state index contributed by atoms with van der Waals surface area (Å²) in [5, 5.41) is 8.71. The highest BCUT2D eigenvalue weighted by molar-refractivity contribution is 5.72. The van der Waals surface area contributed by atoms with Crippen LogP contribution in [0.5, 0.6) is 5.75 Å². The van der Waals surface area contributed by atoms with Gasteiger partial charge in [-0.1, -0.05) is 6.07 Å². The lowest BCUT2D eigenvalue weighted by atomic mass is 9.87. The van der Waals surface area contributed by atoms with E-state index in [1.165, 1.54) is 11.1 Å². The lowest BCUT2D eigenvalue weighted by Crippen LogP contribution is -2.02. The number of nitriles is 1. The van der Waals surface area contributed by atoms with Crippen molar-refractivity contribution < 1.29 is 4.74 Å². The van der Waals surface area contributed by atoms with E-state index >= 15 is 0 Å². The molecule has 0 amide bonds. The minimum Gasteiger partial charge on any atom is -0.497 e. The number of methoxy groups -OCH3 is 1. The predicted octanol–water partition coefficient (Wildman–Crippen LogP) is 2.94. The predicted molar refractivity (Wildman–Crippen MR) is 59.5 cm³/mol. The Kier molecular flexibility index (Phi) is 2.73. The van der Waals surface area contributed by atoms with Crippen LogP contribution in [0.3, 0.4) is 0 Å². The SMILES string of the molecule is COc1ccc2c(c1)/C(=C\C#N)CCC2. The minimum atomic E-state index is 0.861. The van der Waals surface area contributed by atoms with Gasteiger partial charge >= 0.3 is 0 Å². The van der Waals surface area contributed by atoms with Crippen molar-refractivity contribution in [1.82, 2.24) is 0 Å². The fraction of sp³-hybridized carbons (Fsp3) is 0.308. The number of rotatable bonds is 1. The standard InChI is InChI=1S/C13H13NO/c1-15-12-6-5-10-3-2-4-11(7-8-14)13(10)9-12/h5-7,9H,2-4H2,1H3/b11-7-. The Hall–Kier alpha value is -1.75. The maximum Gasteiger partial charge on any atom is 0.119 e. The first-order chi connectivity index (χ1) is 7.35. The maximum atomic E-state index is 8.71. The third-order valence-corrected chi connectivity index (χ3v) is 2.79. The summed E-state index contributed by atoms with van der Waals surface area (Å²) >= 11 is 0. The molecular weight excluding hydrogens is 186 g/mol. The third kappa shape index (κ3) is 1.87. The molecule has 0 atom stereocenters. The molecule has 0 saturated heterocycles. The van der Waals surface area contributed by atoms with E-state index in [4.69, 9.17) is 10.00 Å². The molecule has 15 heavy (non-hydrogen) atoms. The van der Waals surface area contributed by atoms with Gasteiger partial charge in [0.15, 0.2) is 0 Å². The Morgan fingerprint density at radius 2 is 2.27 bits per heavy atom. The molecule has 0 N–H and O–H groups in total. The zero-order valence-electron chi connectivity index (χ0n) is 8.79. The topological polar surface area (TPSA) is 33.0 Å². The van der Waals surface area contributed by atoms with Gasteiger partial charge in [-0.3, -0.25) is 0 Å². The summed E-state index contributed by atoms with van der Waals surface area (Å²) in [6.45, 7) is 0. The normalized spacial score (nSPS) is 16.9. The van der Waals surface area contributed by atoms with Gasteiger partial charge in [-0.25, -0.2) is 0 Å². The average Bonchev–Trinajstić information content (AvgIpc) is 2.29. The fourth-order valence-electron chi connectivity index (χ4n) is 2.03. The van der Waals surface area contributed by atoms with Crippen LogP contribution in [0, 0.1) is 11.3 Å². The lowest BCUT2D eigenvalue weighted by Gasteiger charge is -2.18. The van der Waals surface area contributed by atoms with Crippen LogP contribution in [-0.2, 0) is 6.42 Å². The summed E-state index contributed by atoms with van der Waals surface area (Å²) in [6, 6.07) is 8.21. The van der Waals surface area contributed by atoms with Gasteiger partial charge in [0.1, 0.15) is 5.75 Å². The molecule has 0 bridgehead atoms. The number of hydrogen-bond acceptors (Lipinski definition) is 2. The van der Waals surface area contributed by atoms with Crippen LogP contribution in [0.15, 0.2) is 24.3 Å². The lowest BCUT2D eigenvalue weighted by molar-refractivity contribution is 0.414. The van der Waals surface area contributed by atoms with Crippen LogP contribution in [-0.4, -0.2) is 7.11 Å². The van der Waals surface area contributed by atoms with Crippen molar-refractivity contribution in [2.45, 2.75) is 19.3 Å². The van der Waals surface area contributed by atoms with Gasteiger partial charge in [0.25, 0.3) is 0 Å². The second-order valence-corrected chi connectivity index (χ2v) is 3.68. The van der Waals surface area contributed by atoms with E-state index in [1.807, 2.05) is 12.1 Å². The molecule has 0 radical (unpaired) electrons. The molecule has 0 heterocycles. The highest BCUT2D eigenvalue weighted by atomic mass is 16.5. The molecule has 0 unspecified atom stereocenters. The molecule has 0 spiro atoms. The molecule has 2 heteroatoms. The molecule has 2 nitrogen and oxygen atoms in total. The molecule has 1 aromatic carbocycles. The molecule has 0 saturated carbocycles.